The second kappa shape index (κ2) is 6.40. The summed E-state index contributed by atoms with van der Waals surface area (Å²) < 4.78 is 5.51. The molecule has 1 aromatic carbocycles. The van der Waals surface area contributed by atoms with Gasteiger partial charge in [-0.05, 0) is 69.4 Å². The lowest BCUT2D eigenvalue weighted by Crippen LogP contribution is -2.02. The number of benzene rings is 1. The Bertz CT molecular complexity index is 870. The molecule has 0 radical (unpaired) electrons. The maximum atomic E-state index is 5.51. The fraction of sp³-hybridized carbons (Fsp3) is 0.368. The van der Waals surface area contributed by atoms with E-state index in [1.807, 2.05) is 49.4 Å². The molecule has 5 heteroatoms. The number of nitrogens with one attached hydrogen (secondary N) is 1. The minimum Gasteiger partial charge on any atom is -0.494 e. The van der Waals surface area contributed by atoms with E-state index in [2.05, 4.69) is 15.3 Å². The molecule has 4 nitrogen and oxygen atoms in total. The molecule has 3 aromatic rings. The molecule has 0 unspecified atom stereocenters. The van der Waals surface area contributed by atoms with E-state index < -0.39 is 0 Å². The van der Waals surface area contributed by atoms with Crippen molar-refractivity contribution in [1.82, 2.24) is 9.97 Å². The summed E-state index contributed by atoms with van der Waals surface area (Å²) in [7, 11) is 0. The lowest BCUT2D eigenvalue weighted by Gasteiger charge is -2.13. The molecule has 0 saturated carbocycles. The van der Waals surface area contributed by atoms with Gasteiger partial charge in [-0.25, -0.2) is 9.97 Å². The molecule has 0 amide bonds. The van der Waals surface area contributed by atoms with Crippen molar-refractivity contribution in [1.29, 1.82) is 0 Å². The van der Waals surface area contributed by atoms with Gasteiger partial charge >= 0.3 is 0 Å². The predicted octanol–water partition coefficient (Wildman–Crippen LogP) is 5.02. The number of fused-ring (bicyclic) bond motifs is 3. The Morgan fingerprint density at radius 1 is 1.12 bits per heavy atom. The number of aryl methyl sites for hydroxylation is 3. The van der Waals surface area contributed by atoms with Gasteiger partial charge in [0.25, 0.3) is 0 Å². The summed E-state index contributed by atoms with van der Waals surface area (Å²) in [6, 6.07) is 8.04. The predicted molar refractivity (Wildman–Crippen MR) is 99.7 cm³/mol. The van der Waals surface area contributed by atoms with Crippen LogP contribution >= 0.6 is 11.3 Å². The smallest absolute Gasteiger partial charge is 0.143 e. The van der Waals surface area contributed by atoms with Crippen LogP contribution in [0.5, 0.6) is 5.75 Å². The molecule has 4 rings (SSSR count). The van der Waals surface area contributed by atoms with Gasteiger partial charge in [0.2, 0.25) is 0 Å². The maximum absolute atomic E-state index is 5.51. The Hall–Kier alpha value is -2.14. The van der Waals surface area contributed by atoms with Crippen molar-refractivity contribution >= 4 is 33.1 Å². The molecule has 0 atom stereocenters. The first-order valence-electron chi connectivity index (χ1n) is 8.53. The SMILES string of the molecule is CCOc1ccc(Nc2nc(C)nc3sc4c(c23)CCCC4)cc1. The zero-order chi connectivity index (χ0) is 16.5. The van der Waals surface area contributed by atoms with Crippen molar-refractivity contribution in [2.45, 2.75) is 39.5 Å². The van der Waals surface area contributed by atoms with Crippen molar-refractivity contribution in [2.75, 3.05) is 11.9 Å². The van der Waals surface area contributed by atoms with Gasteiger partial charge in [0, 0.05) is 10.6 Å². The molecule has 0 spiro atoms. The van der Waals surface area contributed by atoms with Gasteiger partial charge in [0.1, 0.15) is 22.2 Å². The molecule has 0 aliphatic heterocycles. The molecule has 0 saturated heterocycles. The fourth-order valence-corrected chi connectivity index (χ4v) is 4.60. The summed E-state index contributed by atoms with van der Waals surface area (Å²) in [5.41, 5.74) is 2.48. The molecule has 124 valence electrons. The number of thiophene rings is 1. The van der Waals surface area contributed by atoms with Crippen LogP contribution in [0.15, 0.2) is 24.3 Å². The van der Waals surface area contributed by atoms with Crippen LogP contribution in [0, 0.1) is 6.92 Å². The summed E-state index contributed by atoms with van der Waals surface area (Å²) in [6.07, 6.45) is 4.86. The van der Waals surface area contributed by atoms with E-state index in [-0.39, 0.29) is 0 Å². The highest BCUT2D eigenvalue weighted by Gasteiger charge is 2.20. The Kier molecular flexibility index (Phi) is 4.10. The average Bonchev–Trinajstić information content (AvgIpc) is 2.95. The van der Waals surface area contributed by atoms with Gasteiger partial charge in [-0.15, -0.1) is 11.3 Å². The van der Waals surface area contributed by atoms with Gasteiger partial charge in [0.15, 0.2) is 0 Å². The highest BCUT2D eigenvalue weighted by molar-refractivity contribution is 7.19. The van der Waals surface area contributed by atoms with E-state index in [1.165, 1.54) is 35.1 Å². The van der Waals surface area contributed by atoms with Crippen LogP contribution in [0.3, 0.4) is 0 Å². The van der Waals surface area contributed by atoms with Crippen molar-refractivity contribution in [2.24, 2.45) is 0 Å². The molecular formula is C19H21N3OS. The molecule has 2 aromatic heterocycles. The lowest BCUT2D eigenvalue weighted by atomic mass is 9.97. The molecule has 1 N–H and O–H groups in total. The third-order valence-corrected chi connectivity index (χ3v) is 5.54. The van der Waals surface area contributed by atoms with Crippen LogP contribution in [-0.4, -0.2) is 16.6 Å². The zero-order valence-corrected chi connectivity index (χ0v) is 14.9. The van der Waals surface area contributed by atoms with Crippen LogP contribution in [0.2, 0.25) is 0 Å². The number of rotatable bonds is 4. The fourth-order valence-electron chi connectivity index (χ4n) is 3.29. The average molecular weight is 339 g/mol. The summed E-state index contributed by atoms with van der Waals surface area (Å²) in [6.45, 7) is 4.63. The lowest BCUT2D eigenvalue weighted by molar-refractivity contribution is 0.340. The molecule has 0 bridgehead atoms. The van der Waals surface area contributed by atoms with Gasteiger partial charge in [-0.1, -0.05) is 0 Å². The number of anilines is 2. The normalized spacial score (nSPS) is 13.8. The second-order valence-corrected chi connectivity index (χ2v) is 7.18. The van der Waals surface area contributed by atoms with Crippen molar-refractivity contribution < 1.29 is 4.74 Å². The van der Waals surface area contributed by atoms with Crippen molar-refractivity contribution in [3.8, 4) is 5.75 Å². The summed E-state index contributed by atoms with van der Waals surface area (Å²) in [5.74, 6) is 2.63. The van der Waals surface area contributed by atoms with Gasteiger partial charge in [-0.2, -0.15) is 0 Å². The monoisotopic (exact) mass is 339 g/mol. The Morgan fingerprint density at radius 3 is 2.71 bits per heavy atom. The Balaban J connectivity index is 1.74. The molecule has 0 fully saturated rings. The van der Waals surface area contributed by atoms with Crippen LogP contribution in [0.1, 0.15) is 36.0 Å². The first-order valence-corrected chi connectivity index (χ1v) is 9.35. The number of ether oxygens (including phenoxy) is 1. The largest absolute Gasteiger partial charge is 0.494 e. The van der Waals surface area contributed by atoms with Crippen molar-refractivity contribution in [3.05, 3.63) is 40.5 Å². The van der Waals surface area contributed by atoms with Crippen LogP contribution in [0.4, 0.5) is 11.5 Å². The third kappa shape index (κ3) is 2.84. The van der Waals surface area contributed by atoms with E-state index in [0.29, 0.717) is 6.61 Å². The van der Waals surface area contributed by atoms with Crippen molar-refractivity contribution in [3.63, 3.8) is 0 Å². The molecular weight excluding hydrogens is 318 g/mol. The standard InChI is InChI=1S/C19H21N3OS/c1-3-23-14-10-8-13(9-11-14)22-18-17-15-6-4-5-7-16(15)24-19(17)21-12(2)20-18/h8-11H,3-7H2,1-2H3,(H,20,21,22). The molecule has 2 heterocycles. The molecule has 1 aliphatic rings. The zero-order valence-electron chi connectivity index (χ0n) is 14.1. The molecule has 1 aliphatic carbocycles. The van der Waals surface area contributed by atoms with E-state index >= 15 is 0 Å². The van der Waals surface area contributed by atoms with Crippen LogP contribution in [0.25, 0.3) is 10.2 Å². The Labute approximate surface area is 145 Å². The van der Waals surface area contributed by atoms with E-state index in [9.17, 15) is 0 Å². The number of aromatic nitrogens is 2. The topological polar surface area (TPSA) is 47.0 Å². The minimum absolute atomic E-state index is 0.680. The van der Waals surface area contributed by atoms with Gasteiger partial charge in [0.05, 0.1) is 12.0 Å². The highest BCUT2D eigenvalue weighted by Crippen LogP contribution is 2.39. The highest BCUT2D eigenvalue weighted by atomic mass is 32.1. The Morgan fingerprint density at radius 2 is 1.92 bits per heavy atom. The summed E-state index contributed by atoms with van der Waals surface area (Å²) >= 11 is 1.84. The summed E-state index contributed by atoms with van der Waals surface area (Å²) in [5, 5.41) is 4.71. The van der Waals surface area contributed by atoms with Crippen LogP contribution < -0.4 is 10.1 Å². The van der Waals surface area contributed by atoms with Gasteiger partial charge < -0.3 is 10.1 Å². The van der Waals surface area contributed by atoms with E-state index in [0.717, 1.165) is 34.3 Å². The number of nitrogens with zero attached hydrogens (tertiary/aromatic N) is 2. The van der Waals surface area contributed by atoms with Gasteiger partial charge in [-0.3, -0.25) is 0 Å². The van der Waals surface area contributed by atoms with Crippen LogP contribution in [-0.2, 0) is 12.8 Å². The number of hydrogen-bond donors (Lipinski definition) is 1. The van der Waals surface area contributed by atoms with E-state index in [4.69, 9.17) is 4.74 Å². The molecule has 24 heavy (non-hydrogen) atoms. The number of hydrogen-bond acceptors (Lipinski definition) is 5. The quantitative estimate of drug-likeness (QED) is 0.725. The first-order chi connectivity index (χ1) is 11.7. The second-order valence-electron chi connectivity index (χ2n) is 6.09. The minimum atomic E-state index is 0.680. The summed E-state index contributed by atoms with van der Waals surface area (Å²) in [4.78, 5) is 12.0. The first kappa shape index (κ1) is 15.4. The van der Waals surface area contributed by atoms with E-state index in [1.54, 1.807) is 0 Å². The third-order valence-electron chi connectivity index (χ3n) is 4.35. The maximum Gasteiger partial charge on any atom is 0.143 e.